The molecule has 0 saturated heterocycles. The molecule has 3 aromatic carbocycles. The van der Waals surface area contributed by atoms with Crippen molar-refractivity contribution in [1.29, 1.82) is 5.26 Å². The van der Waals surface area contributed by atoms with Crippen molar-refractivity contribution in [3.63, 3.8) is 0 Å². The van der Waals surface area contributed by atoms with Crippen LogP contribution in [0, 0.1) is 24.1 Å². The van der Waals surface area contributed by atoms with Crippen molar-refractivity contribution in [3.05, 3.63) is 100.0 Å². The van der Waals surface area contributed by atoms with E-state index in [2.05, 4.69) is 5.32 Å². The molecule has 0 radical (unpaired) electrons. The first-order valence-electron chi connectivity index (χ1n) is 10.5. The molecule has 0 atom stereocenters. The molecule has 0 spiro atoms. The van der Waals surface area contributed by atoms with Gasteiger partial charge in [0.1, 0.15) is 23.2 Å². The fourth-order valence-electron chi connectivity index (χ4n) is 3.92. The Hall–Kier alpha value is -4.08. The number of nitriles is 1. The van der Waals surface area contributed by atoms with Crippen molar-refractivity contribution in [1.82, 2.24) is 4.57 Å². The number of halogens is 2. The zero-order chi connectivity index (χ0) is 24.2. The number of hydrogen-bond donors (Lipinski definition) is 1. The zero-order valence-electron chi connectivity index (χ0n) is 18.6. The highest BCUT2D eigenvalue weighted by molar-refractivity contribution is 6.31. The molecule has 1 heterocycles. The summed E-state index contributed by atoms with van der Waals surface area (Å²) >= 11 is 6.05. The third-order valence-corrected chi connectivity index (χ3v) is 5.81. The van der Waals surface area contributed by atoms with Crippen LogP contribution in [-0.4, -0.2) is 17.6 Å². The lowest BCUT2D eigenvalue weighted by Crippen LogP contribution is -2.14. The molecule has 4 rings (SSSR count). The molecule has 0 aliphatic carbocycles. The molecule has 4 aromatic rings. The number of fused-ring (bicyclic) bond motifs is 1. The molecule has 170 valence electrons. The normalized spacial score (nSPS) is 11.3. The van der Waals surface area contributed by atoms with Crippen LogP contribution in [0.1, 0.15) is 16.8 Å². The highest BCUT2D eigenvalue weighted by Gasteiger charge is 2.17. The van der Waals surface area contributed by atoms with Crippen LogP contribution in [0.3, 0.4) is 0 Å². The van der Waals surface area contributed by atoms with E-state index in [9.17, 15) is 14.4 Å². The molecular formula is C27H21ClFN3O2. The fraction of sp³-hybridized carbons (Fsp3) is 0.111. The van der Waals surface area contributed by atoms with Crippen LogP contribution in [-0.2, 0) is 11.3 Å². The van der Waals surface area contributed by atoms with Crippen molar-refractivity contribution < 1.29 is 13.9 Å². The molecule has 34 heavy (non-hydrogen) atoms. The number of rotatable bonds is 6. The lowest BCUT2D eigenvalue weighted by molar-refractivity contribution is -0.112. The van der Waals surface area contributed by atoms with Gasteiger partial charge in [-0.15, -0.1) is 0 Å². The summed E-state index contributed by atoms with van der Waals surface area (Å²) in [7, 11) is 1.48. The largest absolute Gasteiger partial charge is 0.495 e. The minimum atomic E-state index is -0.579. The van der Waals surface area contributed by atoms with E-state index in [1.54, 1.807) is 30.3 Å². The molecule has 0 bridgehead atoms. The summed E-state index contributed by atoms with van der Waals surface area (Å²) in [5.41, 5.74) is 3.63. The molecule has 5 nitrogen and oxygen atoms in total. The molecular weight excluding hydrogens is 453 g/mol. The minimum Gasteiger partial charge on any atom is -0.495 e. The van der Waals surface area contributed by atoms with Crippen LogP contribution in [0.25, 0.3) is 17.0 Å². The molecule has 0 aliphatic rings. The topological polar surface area (TPSA) is 67.0 Å². The van der Waals surface area contributed by atoms with Gasteiger partial charge in [0.05, 0.1) is 12.8 Å². The Morgan fingerprint density at radius 3 is 2.71 bits per heavy atom. The van der Waals surface area contributed by atoms with Crippen molar-refractivity contribution in [3.8, 4) is 11.8 Å². The smallest absolute Gasteiger partial charge is 0.266 e. The van der Waals surface area contributed by atoms with Crippen LogP contribution < -0.4 is 10.1 Å². The summed E-state index contributed by atoms with van der Waals surface area (Å²) in [6.07, 6.45) is 1.58. The van der Waals surface area contributed by atoms with Gasteiger partial charge in [-0.1, -0.05) is 41.9 Å². The maximum Gasteiger partial charge on any atom is 0.266 e. The second-order valence-electron chi connectivity index (χ2n) is 7.70. The second kappa shape index (κ2) is 9.82. The Morgan fingerprint density at radius 1 is 1.18 bits per heavy atom. The second-order valence-corrected chi connectivity index (χ2v) is 8.14. The number of para-hydroxylation sites is 1. The summed E-state index contributed by atoms with van der Waals surface area (Å²) in [6.45, 7) is 2.36. The number of carbonyl (C=O) groups is 1. The van der Waals surface area contributed by atoms with Gasteiger partial charge in [-0.25, -0.2) is 4.39 Å². The zero-order valence-corrected chi connectivity index (χ0v) is 19.4. The Balaban J connectivity index is 1.75. The Kier molecular flexibility index (Phi) is 6.67. The summed E-state index contributed by atoms with van der Waals surface area (Å²) in [5, 5.41) is 13.8. The van der Waals surface area contributed by atoms with Crippen molar-refractivity contribution in [2.24, 2.45) is 0 Å². The van der Waals surface area contributed by atoms with Crippen LogP contribution in [0.5, 0.6) is 5.75 Å². The predicted molar refractivity (Wildman–Crippen MR) is 132 cm³/mol. The van der Waals surface area contributed by atoms with E-state index in [1.807, 2.05) is 47.9 Å². The van der Waals surface area contributed by atoms with Gasteiger partial charge in [-0.05, 0) is 55.0 Å². The number of anilines is 1. The van der Waals surface area contributed by atoms with Crippen LogP contribution in [0.4, 0.5) is 10.1 Å². The van der Waals surface area contributed by atoms with Crippen LogP contribution >= 0.6 is 11.6 Å². The van der Waals surface area contributed by atoms with Gasteiger partial charge < -0.3 is 14.6 Å². The number of aromatic nitrogens is 1. The van der Waals surface area contributed by atoms with Gasteiger partial charge in [0, 0.05) is 33.7 Å². The highest BCUT2D eigenvalue weighted by Crippen LogP contribution is 2.31. The Morgan fingerprint density at radius 2 is 1.97 bits per heavy atom. The van der Waals surface area contributed by atoms with E-state index in [-0.39, 0.29) is 11.4 Å². The number of carbonyl (C=O) groups excluding carboxylic acids is 1. The molecule has 1 N–H and O–H groups in total. The third-order valence-electron chi connectivity index (χ3n) is 5.57. The van der Waals surface area contributed by atoms with E-state index < -0.39 is 5.91 Å². The number of ether oxygens (including phenoxy) is 1. The molecule has 0 aliphatic heterocycles. The number of hydrogen-bond acceptors (Lipinski definition) is 3. The maximum atomic E-state index is 13.7. The number of amides is 1. The average molecular weight is 474 g/mol. The molecule has 0 fully saturated rings. The van der Waals surface area contributed by atoms with Gasteiger partial charge in [0.25, 0.3) is 5.91 Å². The average Bonchev–Trinajstić information content (AvgIpc) is 3.08. The predicted octanol–water partition coefficient (Wildman–Crippen LogP) is 6.34. The van der Waals surface area contributed by atoms with Crippen LogP contribution in [0.2, 0.25) is 5.02 Å². The summed E-state index contributed by atoms with van der Waals surface area (Å²) < 4.78 is 21.1. The van der Waals surface area contributed by atoms with Crippen LogP contribution in [0.15, 0.2) is 72.3 Å². The Labute approximate surface area is 201 Å². The van der Waals surface area contributed by atoms with E-state index in [0.29, 0.717) is 23.0 Å². The molecule has 1 aromatic heterocycles. The monoisotopic (exact) mass is 473 g/mol. The van der Waals surface area contributed by atoms with E-state index in [0.717, 1.165) is 27.7 Å². The quantitative estimate of drug-likeness (QED) is 0.262. The van der Waals surface area contributed by atoms with Gasteiger partial charge in [-0.3, -0.25) is 4.79 Å². The van der Waals surface area contributed by atoms with Gasteiger partial charge in [0.15, 0.2) is 0 Å². The van der Waals surface area contributed by atoms with Gasteiger partial charge in [0.2, 0.25) is 0 Å². The van der Waals surface area contributed by atoms with Gasteiger partial charge in [-0.2, -0.15) is 5.26 Å². The number of benzene rings is 3. The SMILES string of the molecule is COc1ccc(Cl)cc1NC(=O)/C(C#N)=C/c1c(C)n(Cc2cccc(F)c2)c2ccccc12. The summed E-state index contributed by atoms with van der Waals surface area (Å²) in [4.78, 5) is 13.0. The lowest BCUT2D eigenvalue weighted by atomic mass is 10.1. The molecule has 0 saturated carbocycles. The first-order chi connectivity index (χ1) is 16.4. The van der Waals surface area contributed by atoms with Crippen molar-refractivity contribution in [2.75, 3.05) is 12.4 Å². The first kappa shape index (κ1) is 23.1. The number of nitrogens with one attached hydrogen (secondary N) is 1. The lowest BCUT2D eigenvalue weighted by Gasteiger charge is -2.10. The van der Waals surface area contributed by atoms with E-state index in [4.69, 9.17) is 16.3 Å². The standard InChI is InChI=1S/C27H21ClFN3O2/c1-17-23(13-19(15-30)27(33)31-24-14-20(28)10-11-26(24)34-2)22-8-3-4-9-25(22)32(17)16-18-6-5-7-21(29)12-18/h3-14H,16H2,1-2H3,(H,31,33)/b19-13+. The van der Waals surface area contributed by atoms with Crippen molar-refractivity contribution >= 4 is 40.2 Å². The minimum absolute atomic E-state index is 0.0706. The van der Waals surface area contributed by atoms with E-state index in [1.165, 1.54) is 19.2 Å². The molecule has 1 amide bonds. The number of nitrogens with zero attached hydrogens (tertiary/aromatic N) is 2. The third kappa shape index (κ3) is 4.66. The molecule has 0 unspecified atom stereocenters. The summed E-state index contributed by atoms with van der Waals surface area (Å²) in [6, 6.07) is 21.0. The highest BCUT2D eigenvalue weighted by atomic mass is 35.5. The number of methoxy groups -OCH3 is 1. The maximum absolute atomic E-state index is 13.7. The fourth-order valence-corrected chi connectivity index (χ4v) is 4.09. The van der Waals surface area contributed by atoms with Crippen molar-refractivity contribution in [2.45, 2.75) is 13.5 Å². The Bertz CT molecular complexity index is 1470. The van der Waals surface area contributed by atoms with E-state index >= 15 is 0 Å². The van der Waals surface area contributed by atoms with Gasteiger partial charge >= 0.3 is 0 Å². The first-order valence-corrected chi connectivity index (χ1v) is 10.9. The summed E-state index contributed by atoms with van der Waals surface area (Å²) in [5.74, 6) is -0.450. The molecule has 7 heteroatoms.